The van der Waals surface area contributed by atoms with E-state index in [9.17, 15) is 0 Å². The van der Waals surface area contributed by atoms with Crippen molar-refractivity contribution < 1.29 is 9.05 Å². The predicted molar refractivity (Wildman–Crippen MR) is 116 cm³/mol. The standard InChI is InChI=1S/C18H15Ge.C2H6O2PSe2/c1-4-10-16(11-5-1)19(17-12-6-2-7-13-17)18-14-8-3-9-15-18;1-3-5(6,7)4-2/h1-15H;1-2H3. The molecule has 0 saturated heterocycles. The molecule has 0 saturated carbocycles. The fourth-order valence-electron chi connectivity index (χ4n) is 2.39. The molecule has 0 aliphatic heterocycles. The van der Waals surface area contributed by atoms with E-state index in [0.717, 1.165) is 0 Å². The second-order valence-corrected chi connectivity index (χ2v) is 21.7. The van der Waals surface area contributed by atoms with Crippen LogP contribution < -0.4 is 13.2 Å². The molecule has 0 amide bonds. The number of hydrogen-bond donors (Lipinski definition) is 0. The fraction of sp³-hybridized carbons (Fsp3) is 0.100. The molecule has 0 atom stereocenters. The summed E-state index contributed by atoms with van der Waals surface area (Å²) >= 11 is 3.90. The number of hydrogen-bond acceptors (Lipinski definition) is 2. The fourth-order valence-corrected chi connectivity index (χ4v) is 7.95. The van der Waals surface area contributed by atoms with Gasteiger partial charge in [-0.3, -0.25) is 0 Å². The van der Waals surface area contributed by atoms with Crippen molar-refractivity contribution in [3.8, 4) is 0 Å². The summed E-state index contributed by atoms with van der Waals surface area (Å²) in [6, 6.07) is 32.8. The van der Waals surface area contributed by atoms with Gasteiger partial charge >= 0.3 is 177 Å². The van der Waals surface area contributed by atoms with Crippen LogP contribution in [-0.2, 0) is 9.05 Å². The summed E-state index contributed by atoms with van der Waals surface area (Å²) in [7, 11) is 3.20. The minimum absolute atomic E-state index is 1.50. The molecular weight excluding hydrogens is 534 g/mol. The van der Waals surface area contributed by atoms with E-state index in [2.05, 4.69) is 122 Å². The summed E-state index contributed by atoms with van der Waals surface area (Å²) < 4.78 is 12.6. The molecule has 6 heteroatoms. The average molecular weight is 555 g/mol. The zero-order valence-electron chi connectivity index (χ0n) is 14.7. The van der Waals surface area contributed by atoms with Crippen LogP contribution in [0.5, 0.6) is 0 Å². The third-order valence-electron chi connectivity index (χ3n) is 3.63. The molecule has 0 spiro atoms. The Morgan fingerprint density at radius 3 is 1.08 bits per heavy atom. The van der Waals surface area contributed by atoms with Crippen molar-refractivity contribution in [2.75, 3.05) is 14.2 Å². The van der Waals surface area contributed by atoms with Gasteiger partial charge in [0.1, 0.15) is 0 Å². The van der Waals surface area contributed by atoms with Crippen LogP contribution in [0.3, 0.4) is 0 Å². The van der Waals surface area contributed by atoms with Crippen LogP contribution in [0.4, 0.5) is 0 Å². The second-order valence-electron chi connectivity index (χ2n) is 5.29. The number of benzene rings is 3. The molecule has 0 aliphatic carbocycles. The Labute approximate surface area is 176 Å². The molecule has 134 valence electrons. The Kier molecular flexibility index (Phi) is 9.63. The first kappa shape index (κ1) is 21.9. The molecule has 0 aliphatic rings. The maximum atomic E-state index is 4.86. The molecule has 26 heavy (non-hydrogen) atoms. The van der Waals surface area contributed by atoms with Crippen molar-refractivity contribution in [1.82, 2.24) is 0 Å². The van der Waals surface area contributed by atoms with E-state index in [4.69, 9.17) is 9.05 Å². The Morgan fingerprint density at radius 1 is 0.615 bits per heavy atom. The summed E-state index contributed by atoms with van der Waals surface area (Å²) in [4.78, 5) is 0. The third kappa shape index (κ3) is 6.96. The molecule has 0 fully saturated rings. The molecule has 2 nitrogen and oxygen atoms in total. The van der Waals surface area contributed by atoms with Crippen LogP contribution >= 0.6 is 4.65 Å². The van der Waals surface area contributed by atoms with Gasteiger partial charge in [-0.25, -0.2) is 0 Å². The monoisotopic (exact) mass is 558 g/mol. The van der Waals surface area contributed by atoms with Crippen molar-refractivity contribution in [3.05, 3.63) is 91.0 Å². The first-order valence-electron chi connectivity index (χ1n) is 8.03. The van der Waals surface area contributed by atoms with E-state index in [-0.39, 0.29) is 0 Å². The first-order valence-corrected chi connectivity index (χ1v) is 17.2. The van der Waals surface area contributed by atoms with E-state index < -0.39 is 19.0 Å². The molecule has 3 rings (SSSR count). The van der Waals surface area contributed by atoms with Gasteiger partial charge in [-0.05, 0) is 0 Å². The topological polar surface area (TPSA) is 18.5 Å². The summed E-state index contributed by atoms with van der Waals surface area (Å²) in [6.07, 6.45) is 0. The average Bonchev–Trinajstić information content (AvgIpc) is 2.71. The van der Waals surface area contributed by atoms with Crippen LogP contribution in [0.15, 0.2) is 91.0 Å². The van der Waals surface area contributed by atoms with Gasteiger partial charge in [-0.15, -0.1) is 0 Å². The van der Waals surface area contributed by atoms with Gasteiger partial charge in [0, 0.05) is 0 Å². The molecule has 3 aromatic rings. The molecule has 0 aromatic heterocycles. The number of rotatable bonds is 5. The van der Waals surface area contributed by atoms with Crippen LogP contribution in [0, 0.1) is 0 Å². The Bertz CT molecular complexity index is 715. The van der Waals surface area contributed by atoms with Gasteiger partial charge in [0.2, 0.25) is 0 Å². The minimum atomic E-state index is -1.65. The summed E-state index contributed by atoms with van der Waals surface area (Å²) in [6.45, 7) is 0. The normalized spacial score (nSPS) is 10.9. The molecule has 0 unspecified atom stereocenters. The van der Waals surface area contributed by atoms with E-state index in [1.165, 1.54) is 13.2 Å². The van der Waals surface area contributed by atoms with Crippen LogP contribution in [0.1, 0.15) is 0 Å². The van der Waals surface area contributed by atoms with Crippen molar-refractivity contribution in [3.63, 3.8) is 0 Å². The Balaban J connectivity index is 0.000000298. The zero-order chi connectivity index (χ0) is 18.8. The van der Waals surface area contributed by atoms with Gasteiger partial charge in [0.15, 0.2) is 0 Å². The van der Waals surface area contributed by atoms with Crippen molar-refractivity contribution in [2.24, 2.45) is 0 Å². The molecule has 2 radical (unpaired) electrons. The quantitative estimate of drug-likeness (QED) is 0.357. The summed E-state index contributed by atoms with van der Waals surface area (Å²) in [5.41, 5.74) is 0. The van der Waals surface area contributed by atoms with Gasteiger partial charge in [-0.2, -0.15) is 0 Å². The third-order valence-corrected chi connectivity index (χ3v) is 14.0. The zero-order valence-corrected chi connectivity index (χ0v) is 21.2. The van der Waals surface area contributed by atoms with Crippen LogP contribution in [0.2, 0.25) is 0 Å². The second kappa shape index (κ2) is 11.4. The van der Waals surface area contributed by atoms with E-state index >= 15 is 0 Å². The van der Waals surface area contributed by atoms with Gasteiger partial charge < -0.3 is 0 Å². The van der Waals surface area contributed by atoms with Gasteiger partial charge in [-0.1, -0.05) is 0 Å². The van der Waals surface area contributed by atoms with Crippen molar-refractivity contribution in [1.29, 1.82) is 0 Å². The van der Waals surface area contributed by atoms with Gasteiger partial charge in [0.05, 0.1) is 0 Å². The first-order chi connectivity index (χ1) is 12.6. The van der Waals surface area contributed by atoms with Crippen LogP contribution in [-0.4, -0.2) is 59.2 Å². The van der Waals surface area contributed by atoms with E-state index in [1.807, 2.05) is 0 Å². The molecular formula is C20H21GeO2PSe2. The molecule has 0 bridgehead atoms. The Morgan fingerprint density at radius 2 is 0.885 bits per heavy atom. The summed E-state index contributed by atoms with van der Waals surface area (Å²) in [5.74, 6) is 0. The molecule has 0 heterocycles. The predicted octanol–water partition coefficient (Wildman–Crippen LogP) is 2.50. The molecule has 3 aromatic carbocycles. The SMILES string of the molecule is COP([Se])(=[Se])OC.c1cc[c]([Ge]([c]2ccccc2)[c]2ccccc2)cc1. The van der Waals surface area contributed by atoms with Crippen molar-refractivity contribution in [2.45, 2.75) is 0 Å². The van der Waals surface area contributed by atoms with Crippen molar-refractivity contribution >= 4 is 62.9 Å². The maximum absolute atomic E-state index is 4.86. The Hall–Kier alpha value is -0.408. The van der Waals surface area contributed by atoms with E-state index in [0.29, 0.717) is 0 Å². The van der Waals surface area contributed by atoms with Crippen LogP contribution in [0.25, 0.3) is 0 Å². The van der Waals surface area contributed by atoms with E-state index in [1.54, 1.807) is 14.2 Å². The molecule has 0 N–H and O–H groups in total. The van der Waals surface area contributed by atoms with Gasteiger partial charge in [0.25, 0.3) is 0 Å². The summed E-state index contributed by atoms with van der Waals surface area (Å²) in [5, 5.41) is 0.